The van der Waals surface area contributed by atoms with E-state index in [1.807, 2.05) is 0 Å². The summed E-state index contributed by atoms with van der Waals surface area (Å²) in [6.07, 6.45) is 18.8. The molecule has 0 N–H and O–H groups in total. The quantitative estimate of drug-likeness (QED) is 0.374. The van der Waals surface area contributed by atoms with Gasteiger partial charge in [0.15, 0.2) is 0 Å². The number of rotatable bonds is 12. The van der Waals surface area contributed by atoms with E-state index in [9.17, 15) is 0 Å². The number of likely N-dealkylation sites (tertiary alicyclic amines) is 1. The Labute approximate surface area is 140 Å². The highest BCUT2D eigenvalue weighted by atomic mass is 35.5. The van der Waals surface area contributed by atoms with Gasteiger partial charge in [0, 0.05) is 0 Å². The second-order valence-corrected chi connectivity index (χ2v) is 6.88. The van der Waals surface area contributed by atoms with E-state index in [0.717, 1.165) is 5.92 Å². The third kappa shape index (κ3) is 11.5. The molecule has 1 heterocycles. The molecular formula is C19H40ClN. The van der Waals surface area contributed by atoms with Crippen LogP contribution in [0.4, 0.5) is 0 Å². The molecule has 1 fully saturated rings. The summed E-state index contributed by atoms with van der Waals surface area (Å²) in [7, 11) is 0. The Balaban J connectivity index is 0.00000400. The second-order valence-electron chi connectivity index (χ2n) is 6.88. The molecule has 1 nitrogen and oxygen atoms in total. The molecule has 128 valence electrons. The highest BCUT2D eigenvalue weighted by Crippen LogP contribution is 2.20. The lowest BCUT2D eigenvalue weighted by Crippen LogP contribution is -2.34. The van der Waals surface area contributed by atoms with Crippen molar-refractivity contribution in [3.63, 3.8) is 0 Å². The molecule has 0 radical (unpaired) electrons. The third-order valence-corrected chi connectivity index (χ3v) is 5.11. The zero-order chi connectivity index (χ0) is 14.5. The number of nitrogens with zero attached hydrogens (tertiary/aromatic N) is 1. The van der Waals surface area contributed by atoms with Gasteiger partial charge < -0.3 is 4.90 Å². The van der Waals surface area contributed by atoms with E-state index in [-0.39, 0.29) is 12.4 Å². The van der Waals surface area contributed by atoms with Gasteiger partial charge in [-0.05, 0) is 44.8 Å². The molecule has 21 heavy (non-hydrogen) atoms. The van der Waals surface area contributed by atoms with E-state index < -0.39 is 0 Å². The van der Waals surface area contributed by atoms with Gasteiger partial charge in [-0.15, -0.1) is 12.4 Å². The van der Waals surface area contributed by atoms with Gasteiger partial charge in [0.2, 0.25) is 0 Å². The van der Waals surface area contributed by atoms with Gasteiger partial charge in [-0.25, -0.2) is 0 Å². The van der Waals surface area contributed by atoms with Gasteiger partial charge in [0.1, 0.15) is 0 Å². The highest BCUT2D eigenvalue weighted by molar-refractivity contribution is 5.85. The van der Waals surface area contributed by atoms with Gasteiger partial charge in [-0.1, -0.05) is 78.1 Å². The first-order valence-electron chi connectivity index (χ1n) is 9.59. The summed E-state index contributed by atoms with van der Waals surface area (Å²) >= 11 is 0. The van der Waals surface area contributed by atoms with Crippen molar-refractivity contribution < 1.29 is 0 Å². The Morgan fingerprint density at radius 3 is 1.67 bits per heavy atom. The zero-order valence-corrected chi connectivity index (χ0v) is 15.6. The molecule has 0 aromatic heterocycles. The second kappa shape index (κ2) is 15.2. The summed E-state index contributed by atoms with van der Waals surface area (Å²) in [4.78, 5) is 2.71. The number of piperidine rings is 1. The molecule has 1 aliphatic rings. The Bertz CT molecular complexity index is 200. The maximum Gasteiger partial charge on any atom is -0.00161 e. The lowest BCUT2D eigenvalue weighted by molar-refractivity contribution is 0.179. The topological polar surface area (TPSA) is 3.24 Å². The lowest BCUT2D eigenvalue weighted by atomic mass is 9.94. The number of halogens is 1. The van der Waals surface area contributed by atoms with Crippen molar-refractivity contribution in [2.45, 2.75) is 97.3 Å². The molecule has 0 aliphatic carbocycles. The molecule has 0 amide bonds. The fraction of sp³-hybridized carbons (Fsp3) is 1.00. The summed E-state index contributed by atoms with van der Waals surface area (Å²) in [6.45, 7) is 8.76. The summed E-state index contributed by atoms with van der Waals surface area (Å²) in [6, 6.07) is 0. The number of unbranched alkanes of at least 4 members (excludes halogenated alkanes) is 9. The summed E-state index contributed by atoms with van der Waals surface area (Å²) in [5, 5.41) is 0. The number of hydrogen-bond acceptors (Lipinski definition) is 1. The minimum absolute atomic E-state index is 0. The van der Waals surface area contributed by atoms with Crippen molar-refractivity contribution in [3.05, 3.63) is 0 Å². The van der Waals surface area contributed by atoms with Crippen LogP contribution in [0.5, 0.6) is 0 Å². The Kier molecular flexibility index (Phi) is 15.3. The van der Waals surface area contributed by atoms with Crippen LogP contribution in [0.25, 0.3) is 0 Å². The van der Waals surface area contributed by atoms with Crippen molar-refractivity contribution >= 4 is 12.4 Å². The van der Waals surface area contributed by atoms with Gasteiger partial charge in [0.25, 0.3) is 0 Å². The first kappa shape index (κ1) is 21.2. The average Bonchev–Trinajstić information content (AvgIpc) is 2.50. The van der Waals surface area contributed by atoms with Gasteiger partial charge in [-0.3, -0.25) is 0 Å². The molecule has 0 bridgehead atoms. The molecule has 0 saturated carbocycles. The van der Waals surface area contributed by atoms with Crippen molar-refractivity contribution in [2.24, 2.45) is 5.92 Å². The van der Waals surface area contributed by atoms with E-state index in [2.05, 4.69) is 18.7 Å². The first-order valence-corrected chi connectivity index (χ1v) is 9.59. The summed E-state index contributed by atoms with van der Waals surface area (Å²) in [5.74, 6) is 1.03. The maximum absolute atomic E-state index is 2.71. The first-order chi connectivity index (χ1) is 9.86. The monoisotopic (exact) mass is 317 g/mol. The van der Waals surface area contributed by atoms with Crippen LogP contribution in [0.15, 0.2) is 0 Å². The van der Waals surface area contributed by atoms with Gasteiger partial charge >= 0.3 is 0 Å². The van der Waals surface area contributed by atoms with Crippen molar-refractivity contribution in [1.29, 1.82) is 0 Å². The van der Waals surface area contributed by atoms with E-state index in [1.165, 1.54) is 103 Å². The lowest BCUT2D eigenvalue weighted by Gasteiger charge is -2.31. The van der Waals surface area contributed by atoms with Crippen LogP contribution in [0.2, 0.25) is 0 Å². The van der Waals surface area contributed by atoms with E-state index in [4.69, 9.17) is 0 Å². The largest absolute Gasteiger partial charge is 0.303 e. The van der Waals surface area contributed by atoms with Crippen molar-refractivity contribution in [2.75, 3.05) is 19.6 Å². The average molecular weight is 318 g/mol. The fourth-order valence-corrected chi connectivity index (χ4v) is 3.44. The molecule has 0 aromatic rings. The van der Waals surface area contributed by atoms with Crippen molar-refractivity contribution in [3.8, 4) is 0 Å². The van der Waals surface area contributed by atoms with E-state index in [1.54, 1.807) is 0 Å². The molecule has 1 saturated heterocycles. The molecule has 1 aliphatic heterocycles. The normalized spacial score (nSPS) is 16.9. The molecular weight excluding hydrogens is 278 g/mol. The molecule has 1 rings (SSSR count). The smallest absolute Gasteiger partial charge is 0.00161 e. The standard InChI is InChI=1S/C19H39N.ClH/c1-3-5-6-7-8-9-10-11-12-13-16-20-17-14-19(4-2)15-18-20;/h19H,3-18H2,1-2H3;1H. The van der Waals surface area contributed by atoms with Crippen LogP contribution in [0.1, 0.15) is 97.3 Å². The Morgan fingerprint density at radius 2 is 1.19 bits per heavy atom. The highest BCUT2D eigenvalue weighted by Gasteiger charge is 2.16. The van der Waals surface area contributed by atoms with E-state index >= 15 is 0 Å². The van der Waals surface area contributed by atoms with Crippen LogP contribution in [-0.2, 0) is 0 Å². The van der Waals surface area contributed by atoms with Crippen LogP contribution in [0.3, 0.4) is 0 Å². The van der Waals surface area contributed by atoms with Crippen LogP contribution >= 0.6 is 12.4 Å². The maximum atomic E-state index is 2.71. The predicted molar refractivity (Wildman–Crippen MR) is 98.5 cm³/mol. The zero-order valence-electron chi connectivity index (χ0n) is 14.7. The third-order valence-electron chi connectivity index (χ3n) is 5.11. The van der Waals surface area contributed by atoms with E-state index in [0.29, 0.717) is 0 Å². The summed E-state index contributed by atoms with van der Waals surface area (Å²) in [5.41, 5.74) is 0. The molecule has 2 heteroatoms. The molecule has 0 atom stereocenters. The Morgan fingerprint density at radius 1 is 0.714 bits per heavy atom. The molecule has 0 unspecified atom stereocenters. The van der Waals surface area contributed by atoms with Crippen LogP contribution in [0, 0.1) is 5.92 Å². The molecule has 0 aromatic carbocycles. The van der Waals surface area contributed by atoms with Crippen LogP contribution in [-0.4, -0.2) is 24.5 Å². The predicted octanol–water partition coefficient (Wildman–Crippen LogP) is 6.45. The van der Waals surface area contributed by atoms with Gasteiger partial charge in [0.05, 0.1) is 0 Å². The molecule has 0 spiro atoms. The Hall–Kier alpha value is 0.250. The SMILES string of the molecule is CCCCCCCCCCCCN1CCC(CC)CC1.Cl. The fourth-order valence-electron chi connectivity index (χ4n) is 3.44. The minimum Gasteiger partial charge on any atom is -0.303 e. The minimum atomic E-state index is 0. The van der Waals surface area contributed by atoms with Gasteiger partial charge in [-0.2, -0.15) is 0 Å². The van der Waals surface area contributed by atoms with Crippen molar-refractivity contribution in [1.82, 2.24) is 4.90 Å². The summed E-state index contributed by atoms with van der Waals surface area (Å²) < 4.78 is 0. The number of hydrogen-bond donors (Lipinski definition) is 0. The van der Waals surface area contributed by atoms with Crippen LogP contribution < -0.4 is 0 Å².